The lowest BCUT2D eigenvalue weighted by molar-refractivity contribution is -0.146. The number of hydrogen-bond acceptors (Lipinski definition) is 3. The van der Waals surface area contributed by atoms with Crippen LogP contribution in [-0.2, 0) is 14.9 Å². The average Bonchev–Trinajstić information content (AvgIpc) is 3.01. The van der Waals surface area contributed by atoms with Gasteiger partial charge in [0.1, 0.15) is 12.0 Å². The third kappa shape index (κ3) is 3.13. The highest BCUT2D eigenvalue weighted by Gasteiger charge is 2.63. The number of ether oxygens (including phenoxy) is 1. The zero-order valence-electron chi connectivity index (χ0n) is 11.5. The number of carbonyl (C=O) groups is 1. The molecule has 1 aromatic carbocycles. The molecule has 2 aromatic rings. The van der Waals surface area contributed by atoms with Gasteiger partial charge in [-0.1, -0.05) is 65.1 Å². The van der Waals surface area contributed by atoms with Crippen molar-refractivity contribution in [2.45, 2.75) is 21.5 Å². The van der Waals surface area contributed by atoms with Gasteiger partial charge in [0.15, 0.2) is 0 Å². The number of hydrogen-bond donors (Lipinski definition) is 0. The normalized spacial score (nSPS) is 24.0. The van der Waals surface area contributed by atoms with E-state index in [2.05, 4.69) is 0 Å². The molecule has 1 saturated carbocycles. The molecule has 1 aliphatic carbocycles. The summed E-state index contributed by atoms with van der Waals surface area (Å²) in [4.78, 5) is 12.7. The Morgan fingerprint density at radius 1 is 1.27 bits per heavy atom. The largest absolute Gasteiger partial charge is 0.460 e. The van der Waals surface area contributed by atoms with Crippen LogP contribution in [0.2, 0.25) is 0 Å². The second kappa shape index (κ2) is 6.04. The van der Waals surface area contributed by atoms with E-state index in [4.69, 9.17) is 39.5 Å². The maximum atomic E-state index is 12.7. The molecular formula is C16H13Cl3O2S. The van der Waals surface area contributed by atoms with Gasteiger partial charge in [-0.15, -0.1) is 0 Å². The number of halogens is 3. The molecular weight excluding hydrogens is 363 g/mol. The molecule has 1 aliphatic rings. The predicted octanol–water partition coefficient (Wildman–Crippen LogP) is 5.09. The lowest BCUT2D eigenvalue weighted by Gasteiger charge is -2.18. The van der Waals surface area contributed by atoms with Gasteiger partial charge in [0.05, 0.1) is 0 Å². The molecule has 0 spiro atoms. The monoisotopic (exact) mass is 374 g/mol. The molecule has 116 valence electrons. The molecule has 0 unspecified atom stereocenters. The summed E-state index contributed by atoms with van der Waals surface area (Å²) in [5.74, 6) is -0.225. The van der Waals surface area contributed by atoms with Crippen LogP contribution in [0, 0.1) is 0 Å². The third-order valence-electron chi connectivity index (χ3n) is 3.93. The first-order valence-corrected chi connectivity index (χ1v) is 8.83. The Bertz CT molecular complexity index is 652. The van der Waals surface area contributed by atoms with Crippen molar-refractivity contribution in [3.8, 4) is 0 Å². The van der Waals surface area contributed by atoms with E-state index in [1.54, 1.807) is 11.3 Å². The zero-order valence-corrected chi connectivity index (χ0v) is 14.6. The van der Waals surface area contributed by atoms with E-state index in [1.165, 1.54) is 0 Å². The number of alkyl halides is 3. The van der Waals surface area contributed by atoms with E-state index in [0.29, 0.717) is 6.42 Å². The summed E-state index contributed by atoms with van der Waals surface area (Å²) in [6, 6.07) is 11.9. The van der Waals surface area contributed by atoms with Gasteiger partial charge in [-0.2, -0.15) is 11.3 Å². The first-order chi connectivity index (χ1) is 10.4. The molecule has 0 bridgehead atoms. The highest BCUT2D eigenvalue weighted by Crippen LogP contribution is 2.61. The van der Waals surface area contributed by atoms with Crippen molar-refractivity contribution < 1.29 is 9.53 Å². The SMILES string of the molecule is O=C(OCC(Cl)(Cl)Cl)[C@]1(c2ccsc2)C[C@H]1c1ccccc1. The fourth-order valence-electron chi connectivity index (χ4n) is 2.81. The first-order valence-electron chi connectivity index (χ1n) is 6.75. The van der Waals surface area contributed by atoms with Crippen LogP contribution in [0.3, 0.4) is 0 Å². The molecule has 3 rings (SSSR count). The molecule has 1 aromatic heterocycles. The van der Waals surface area contributed by atoms with Crippen LogP contribution in [0.15, 0.2) is 47.2 Å². The van der Waals surface area contributed by atoms with Crippen LogP contribution in [0.4, 0.5) is 0 Å². The van der Waals surface area contributed by atoms with Crippen molar-refractivity contribution >= 4 is 52.1 Å². The molecule has 0 aliphatic heterocycles. The predicted molar refractivity (Wildman–Crippen MR) is 91.0 cm³/mol. The van der Waals surface area contributed by atoms with Gasteiger partial charge >= 0.3 is 5.97 Å². The number of rotatable bonds is 4. The lowest BCUT2D eigenvalue weighted by atomic mass is 9.93. The Labute approximate surface area is 147 Å². The van der Waals surface area contributed by atoms with Gasteiger partial charge in [-0.3, -0.25) is 4.79 Å². The van der Waals surface area contributed by atoms with Crippen LogP contribution in [0.1, 0.15) is 23.5 Å². The summed E-state index contributed by atoms with van der Waals surface area (Å²) < 4.78 is 3.68. The van der Waals surface area contributed by atoms with Crippen molar-refractivity contribution in [3.63, 3.8) is 0 Å². The highest BCUT2D eigenvalue weighted by atomic mass is 35.6. The number of carbonyl (C=O) groups excluding carboxylic acids is 1. The number of benzene rings is 1. The maximum Gasteiger partial charge on any atom is 0.317 e. The van der Waals surface area contributed by atoms with Crippen LogP contribution >= 0.6 is 46.1 Å². The van der Waals surface area contributed by atoms with E-state index in [0.717, 1.165) is 11.1 Å². The number of esters is 1. The van der Waals surface area contributed by atoms with Crippen molar-refractivity contribution in [2.75, 3.05) is 6.61 Å². The van der Waals surface area contributed by atoms with Gasteiger partial charge in [-0.25, -0.2) is 0 Å². The van der Waals surface area contributed by atoms with E-state index >= 15 is 0 Å². The molecule has 0 N–H and O–H groups in total. The van der Waals surface area contributed by atoms with E-state index < -0.39 is 9.21 Å². The standard InChI is InChI=1S/C16H13Cl3O2S/c17-16(18,19)10-21-14(20)15(12-6-7-22-9-12)8-13(15)11-4-2-1-3-5-11/h1-7,9,13H,8,10H2/t13-,15-/m0/s1. The van der Waals surface area contributed by atoms with Crippen molar-refractivity contribution in [2.24, 2.45) is 0 Å². The van der Waals surface area contributed by atoms with Crippen molar-refractivity contribution in [1.82, 2.24) is 0 Å². The van der Waals surface area contributed by atoms with Gasteiger partial charge in [-0.05, 0) is 34.4 Å². The highest BCUT2D eigenvalue weighted by molar-refractivity contribution is 7.08. The van der Waals surface area contributed by atoms with Gasteiger partial charge in [0.25, 0.3) is 0 Å². The van der Waals surface area contributed by atoms with Crippen LogP contribution < -0.4 is 0 Å². The molecule has 2 atom stereocenters. The number of thiophene rings is 1. The van der Waals surface area contributed by atoms with Crippen molar-refractivity contribution in [3.05, 3.63) is 58.3 Å². The summed E-state index contributed by atoms with van der Waals surface area (Å²) in [5, 5.41) is 3.94. The molecule has 1 fully saturated rings. The maximum absolute atomic E-state index is 12.7. The fourth-order valence-corrected chi connectivity index (χ4v) is 3.71. The first kappa shape index (κ1) is 16.1. The minimum Gasteiger partial charge on any atom is -0.460 e. The minimum absolute atomic E-state index is 0.103. The molecule has 0 amide bonds. The smallest absolute Gasteiger partial charge is 0.317 e. The topological polar surface area (TPSA) is 26.3 Å². The second-order valence-corrected chi connectivity index (χ2v) is 8.64. The Hall–Kier alpha value is -0.740. The van der Waals surface area contributed by atoms with Crippen LogP contribution in [0.25, 0.3) is 0 Å². The summed E-state index contributed by atoms with van der Waals surface area (Å²) in [5.41, 5.74) is 1.44. The van der Waals surface area contributed by atoms with E-state index in [9.17, 15) is 4.79 Å². The van der Waals surface area contributed by atoms with Crippen LogP contribution in [-0.4, -0.2) is 16.4 Å². The lowest BCUT2D eigenvalue weighted by Crippen LogP contribution is -2.28. The quantitative estimate of drug-likeness (QED) is 0.550. The third-order valence-corrected chi connectivity index (χ3v) is 4.94. The molecule has 22 heavy (non-hydrogen) atoms. The van der Waals surface area contributed by atoms with Gasteiger partial charge < -0.3 is 4.74 Å². The molecule has 0 saturated heterocycles. The molecule has 1 heterocycles. The summed E-state index contributed by atoms with van der Waals surface area (Å²) in [7, 11) is 0. The second-order valence-electron chi connectivity index (χ2n) is 5.34. The van der Waals surface area contributed by atoms with Crippen molar-refractivity contribution in [1.29, 1.82) is 0 Å². The Kier molecular flexibility index (Phi) is 4.43. The molecule has 2 nitrogen and oxygen atoms in total. The van der Waals surface area contributed by atoms with E-state index in [1.807, 2.05) is 47.2 Å². The van der Waals surface area contributed by atoms with E-state index in [-0.39, 0.29) is 18.5 Å². The fraction of sp³-hybridized carbons (Fsp3) is 0.312. The van der Waals surface area contributed by atoms with Gasteiger partial charge in [0.2, 0.25) is 3.79 Å². The summed E-state index contributed by atoms with van der Waals surface area (Å²) in [6.45, 7) is -0.246. The molecule has 6 heteroatoms. The Morgan fingerprint density at radius 3 is 2.59 bits per heavy atom. The van der Waals surface area contributed by atoms with Crippen LogP contribution in [0.5, 0.6) is 0 Å². The molecule has 0 radical (unpaired) electrons. The van der Waals surface area contributed by atoms with Gasteiger partial charge in [0, 0.05) is 5.92 Å². The Morgan fingerprint density at radius 2 is 2.00 bits per heavy atom. The average molecular weight is 376 g/mol. The summed E-state index contributed by atoms with van der Waals surface area (Å²) in [6.07, 6.45) is 0.715. The Balaban J connectivity index is 1.86. The summed E-state index contributed by atoms with van der Waals surface area (Å²) >= 11 is 18.6. The zero-order chi connectivity index (χ0) is 15.8. The minimum atomic E-state index is -1.59.